The highest BCUT2D eigenvalue weighted by atomic mass is 79.9. The number of nitrogens with one attached hydrogen (secondary N) is 1. The maximum atomic E-state index is 13.1. The quantitative estimate of drug-likeness (QED) is 0.767. The Kier molecular flexibility index (Phi) is 5.21. The zero-order valence-electron chi connectivity index (χ0n) is 11.0. The van der Waals surface area contributed by atoms with E-state index in [1.54, 1.807) is 0 Å². The fourth-order valence-corrected chi connectivity index (χ4v) is 4.32. The van der Waals surface area contributed by atoms with Crippen molar-refractivity contribution in [1.82, 2.24) is 0 Å². The van der Waals surface area contributed by atoms with Crippen molar-refractivity contribution in [2.24, 2.45) is 0 Å². The number of rotatable bonds is 4. The van der Waals surface area contributed by atoms with Crippen molar-refractivity contribution in [3.05, 3.63) is 50.7 Å². The summed E-state index contributed by atoms with van der Waals surface area (Å²) in [6.45, 7) is 0. The number of hydrogen-bond acceptors (Lipinski definition) is 3. The van der Waals surface area contributed by atoms with Crippen LogP contribution in [0.3, 0.4) is 0 Å². The Morgan fingerprint density at radius 2 is 1.91 bits per heavy atom. The van der Waals surface area contributed by atoms with Crippen LogP contribution in [0.15, 0.2) is 39.7 Å². The number of hydrogen-bond donors (Lipinski definition) is 1. The van der Waals surface area contributed by atoms with E-state index in [-0.39, 0.29) is 26.4 Å². The molecule has 2 aromatic carbocycles. The van der Waals surface area contributed by atoms with E-state index in [9.17, 15) is 12.8 Å². The van der Waals surface area contributed by atoms with Crippen LogP contribution in [0.4, 0.5) is 10.1 Å². The van der Waals surface area contributed by atoms with E-state index in [2.05, 4.69) is 20.7 Å². The molecule has 0 spiro atoms. The maximum Gasteiger partial charge on any atom is 0.265 e. The normalized spacial score (nSPS) is 11.3. The van der Waals surface area contributed by atoms with Crippen molar-refractivity contribution in [1.29, 1.82) is 0 Å². The maximum absolute atomic E-state index is 13.1. The second kappa shape index (κ2) is 6.62. The lowest BCUT2D eigenvalue weighted by Crippen LogP contribution is -2.14. The molecule has 118 valence electrons. The third kappa shape index (κ3) is 3.65. The van der Waals surface area contributed by atoms with Crippen molar-refractivity contribution in [2.75, 3.05) is 11.8 Å². The lowest BCUT2D eigenvalue weighted by atomic mass is 10.3. The van der Waals surface area contributed by atoms with Gasteiger partial charge in [-0.05, 0) is 46.3 Å². The van der Waals surface area contributed by atoms with E-state index < -0.39 is 15.8 Å². The van der Waals surface area contributed by atoms with Gasteiger partial charge in [-0.1, -0.05) is 23.2 Å². The van der Waals surface area contributed by atoms with Crippen LogP contribution in [0.1, 0.15) is 0 Å². The molecule has 0 aliphatic carbocycles. The molecule has 0 aromatic heterocycles. The molecule has 0 atom stereocenters. The number of ether oxygens (including phenoxy) is 1. The van der Waals surface area contributed by atoms with Gasteiger partial charge >= 0.3 is 0 Å². The highest BCUT2D eigenvalue weighted by Crippen LogP contribution is 2.36. The summed E-state index contributed by atoms with van der Waals surface area (Å²) < 4.78 is 45.8. The van der Waals surface area contributed by atoms with E-state index in [1.807, 2.05) is 0 Å². The summed E-state index contributed by atoms with van der Waals surface area (Å²) in [5, 5.41) is 0.0182. The lowest BCUT2D eigenvalue weighted by Gasteiger charge is -2.13. The Hall–Kier alpha value is -1.02. The first-order chi connectivity index (χ1) is 10.2. The highest BCUT2D eigenvalue weighted by Gasteiger charge is 2.23. The summed E-state index contributed by atoms with van der Waals surface area (Å²) in [7, 11) is -2.67. The molecule has 2 aromatic rings. The van der Waals surface area contributed by atoms with Crippen molar-refractivity contribution >= 4 is 54.8 Å². The summed E-state index contributed by atoms with van der Waals surface area (Å²) in [4.78, 5) is -0.158. The van der Waals surface area contributed by atoms with Crippen LogP contribution in [0.25, 0.3) is 0 Å². The van der Waals surface area contributed by atoms with Gasteiger partial charge in [-0.3, -0.25) is 4.72 Å². The lowest BCUT2D eigenvalue weighted by molar-refractivity contribution is 0.400. The third-order valence-corrected chi connectivity index (χ3v) is 5.12. The molecule has 4 nitrogen and oxygen atoms in total. The Bertz CT molecular complexity index is 830. The van der Waals surface area contributed by atoms with Gasteiger partial charge in [-0.15, -0.1) is 0 Å². The summed E-state index contributed by atoms with van der Waals surface area (Å²) in [6.07, 6.45) is 0. The van der Waals surface area contributed by atoms with Gasteiger partial charge in [-0.2, -0.15) is 0 Å². The summed E-state index contributed by atoms with van der Waals surface area (Å²) >= 11 is 14.7. The van der Waals surface area contributed by atoms with Crippen molar-refractivity contribution in [3.63, 3.8) is 0 Å². The third-order valence-electron chi connectivity index (χ3n) is 2.64. The molecule has 22 heavy (non-hydrogen) atoms. The summed E-state index contributed by atoms with van der Waals surface area (Å²) in [5.41, 5.74) is 0.115. The average molecular weight is 429 g/mol. The van der Waals surface area contributed by atoms with Gasteiger partial charge in [0, 0.05) is 5.02 Å². The minimum absolute atomic E-state index is 0.102. The van der Waals surface area contributed by atoms with E-state index >= 15 is 0 Å². The molecule has 0 aliphatic rings. The van der Waals surface area contributed by atoms with Crippen molar-refractivity contribution in [2.45, 2.75) is 4.90 Å². The van der Waals surface area contributed by atoms with Crippen LogP contribution in [-0.4, -0.2) is 15.5 Å². The van der Waals surface area contributed by atoms with E-state index in [1.165, 1.54) is 31.4 Å². The molecule has 0 aliphatic heterocycles. The fraction of sp³-hybridized carbons (Fsp3) is 0.0769. The number of halogens is 4. The molecule has 0 saturated carbocycles. The summed E-state index contributed by atoms with van der Waals surface area (Å²) in [6, 6.07) is 6.24. The van der Waals surface area contributed by atoms with Gasteiger partial charge in [0.2, 0.25) is 0 Å². The molecule has 0 bridgehead atoms. The highest BCUT2D eigenvalue weighted by molar-refractivity contribution is 9.10. The molecule has 0 amide bonds. The van der Waals surface area contributed by atoms with E-state index in [0.717, 1.165) is 6.07 Å². The second-order valence-electron chi connectivity index (χ2n) is 4.15. The zero-order chi connectivity index (χ0) is 16.5. The SMILES string of the molecule is COc1c(Br)cc(Cl)cc1S(=O)(=O)Nc1ccc(F)c(Cl)c1. The van der Waals surface area contributed by atoms with Crippen LogP contribution in [0.2, 0.25) is 10.0 Å². The van der Waals surface area contributed by atoms with Gasteiger partial charge in [0.25, 0.3) is 10.0 Å². The molecule has 0 fully saturated rings. The minimum atomic E-state index is -4.00. The molecule has 2 rings (SSSR count). The zero-order valence-corrected chi connectivity index (χ0v) is 14.9. The largest absolute Gasteiger partial charge is 0.494 e. The summed E-state index contributed by atoms with van der Waals surface area (Å²) in [5.74, 6) is -0.544. The van der Waals surface area contributed by atoms with Crippen LogP contribution >= 0.6 is 39.1 Å². The Balaban J connectivity index is 2.49. The topological polar surface area (TPSA) is 55.4 Å². The molecule has 1 N–H and O–H groups in total. The Morgan fingerprint density at radius 1 is 1.23 bits per heavy atom. The predicted octanol–water partition coefficient (Wildman–Crippen LogP) is 4.70. The van der Waals surface area contributed by atoms with E-state index in [4.69, 9.17) is 27.9 Å². The van der Waals surface area contributed by atoms with Crippen molar-refractivity contribution in [3.8, 4) is 5.75 Å². The van der Waals surface area contributed by atoms with Gasteiger partial charge in [-0.25, -0.2) is 12.8 Å². The molecule has 0 heterocycles. The fourth-order valence-electron chi connectivity index (χ4n) is 1.70. The minimum Gasteiger partial charge on any atom is -0.494 e. The van der Waals surface area contributed by atoms with Crippen LogP contribution in [-0.2, 0) is 10.0 Å². The molecule has 9 heteroatoms. The van der Waals surface area contributed by atoms with Crippen LogP contribution in [0.5, 0.6) is 5.75 Å². The van der Waals surface area contributed by atoms with E-state index in [0.29, 0.717) is 4.47 Å². The molecular formula is C13H9BrCl2FNO3S. The molecule has 0 saturated heterocycles. The second-order valence-corrected chi connectivity index (χ2v) is 7.50. The smallest absolute Gasteiger partial charge is 0.265 e. The first-order valence-electron chi connectivity index (χ1n) is 5.75. The average Bonchev–Trinajstić information content (AvgIpc) is 2.42. The first kappa shape index (κ1) is 17.3. The molecule has 0 unspecified atom stereocenters. The van der Waals surface area contributed by atoms with Gasteiger partial charge in [0.15, 0.2) is 5.75 Å². The van der Waals surface area contributed by atoms with Crippen LogP contribution in [0, 0.1) is 5.82 Å². The van der Waals surface area contributed by atoms with Crippen LogP contribution < -0.4 is 9.46 Å². The molecule has 0 radical (unpaired) electrons. The predicted molar refractivity (Wildman–Crippen MR) is 87.9 cm³/mol. The Morgan fingerprint density at radius 3 is 2.50 bits per heavy atom. The van der Waals surface area contributed by atoms with Gasteiger partial charge < -0.3 is 4.74 Å². The number of anilines is 1. The van der Waals surface area contributed by atoms with Gasteiger partial charge in [0.05, 0.1) is 22.3 Å². The standard InChI is InChI=1S/C13H9BrCl2FNO3S/c1-21-13-9(14)4-7(15)5-12(13)22(19,20)18-8-2-3-11(17)10(16)6-8/h2-6,18H,1H3. The monoisotopic (exact) mass is 427 g/mol. The Labute approximate surface area is 145 Å². The number of benzene rings is 2. The first-order valence-corrected chi connectivity index (χ1v) is 8.78. The number of methoxy groups -OCH3 is 1. The van der Waals surface area contributed by atoms with Crippen molar-refractivity contribution < 1.29 is 17.5 Å². The number of sulfonamides is 1. The van der Waals surface area contributed by atoms with Gasteiger partial charge in [0.1, 0.15) is 10.7 Å². The molecular weight excluding hydrogens is 420 g/mol.